The molecule has 1 fully saturated rings. The first kappa shape index (κ1) is 25.2. The van der Waals surface area contributed by atoms with Gasteiger partial charge >= 0.3 is 5.69 Å². The van der Waals surface area contributed by atoms with E-state index < -0.39 is 10.8 Å². The second-order valence-electron chi connectivity index (χ2n) is 9.01. The van der Waals surface area contributed by atoms with Crippen molar-refractivity contribution in [3.05, 3.63) is 92.8 Å². The summed E-state index contributed by atoms with van der Waals surface area (Å²) in [6, 6.07) is 15.6. The van der Waals surface area contributed by atoms with Crippen LogP contribution < -0.4 is 10.1 Å². The number of methoxy groups -OCH3 is 1. The van der Waals surface area contributed by atoms with Gasteiger partial charge < -0.3 is 19.9 Å². The number of carbonyl (C=O) groups is 2. The maximum absolute atomic E-state index is 13.0. The predicted molar refractivity (Wildman–Crippen MR) is 143 cm³/mol. The lowest BCUT2D eigenvalue weighted by molar-refractivity contribution is -0.385. The number of nitrogens with zero attached hydrogens (tertiary/aromatic N) is 3. The number of fused-ring (bicyclic) bond motifs is 1. The lowest BCUT2D eigenvalue weighted by Crippen LogP contribution is -2.38. The molecular formula is C27H24ClN5O5. The second kappa shape index (κ2) is 10.5. The van der Waals surface area contributed by atoms with Crippen molar-refractivity contribution in [2.45, 2.75) is 18.8 Å². The molecule has 194 valence electrons. The Kier molecular flexibility index (Phi) is 6.97. The van der Waals surface area contributed by atoms with E-state index in [1.165, 1.54) is 19.2 Å². The Morgan fingerprint density at radius 3 is 2.55 bits per heavy atom. The number of pyridine rings is 1. The number of likely N-dealkylation sites (tertiary alicyclic amines) is 1. The number of H-pyrrole nitrogens is 1. The minimum atomic E-state index is -0.610. The normalized spacial score (nSPS) is 13.9. The number of amides is 2. The highest BCUT2D eigenvalue weighted by molar-refractivity contribution is 6.31. The van der Waals surface area contributed by atoms with Gasteiger partial charge in [0.1, 0.15) is 0 Å². The Morgan fingerprint density at radius 2 is 1.87 bits per heavy atom. The van der Waals surface area contributed by atoms with Gasteiger partial charge in [0, 0.05) is 53.0 Å². The number of nitro groups is 1. The van der Waals surface area contributed by atoms with Crippen molar-refractivity contribution in [2.75, 3.05) is 25.5 Å². The molecule has 2 aromatic carbocycles. The molecule has 0 atom stereocenters. The van der Waals surface area contributed by atoms with E-state index in [9.17, 15) is 19.7 Å². The molecule has 10 nitrogen and oxygen atoms in total. The van der Waals surface area contributed by atoms with E-state index in [4.69, 9.17) is 16.3 Å². The minimum absolute atomic E-state index is 0.148. The summed E-state index contributed by atoms with van der Waals surface area (Å²) in [5.74, 6) is -0.337. The van der Waals surface area contributed by atoms with Gasteiger partial charge in [-0.15, -0.1) is 0 Å². The number of rotatable bonds is 6. The number of aromatic amines is 1. The lowest BCUT2D eigenvalue weighted by Gasteiger charge is -2.32. The Balaban J connectivity index is 1.22. The molecule has 0 unspecified atom stereocenters. The number of carbonyl (C=O) groups excluding carboxylic acids is 2. The van der Waals surface area contributed by atoms with Gasteiger partial charge in [-0.1, -0.05) is 29.8 Å². The molecular weight excluding hydrogens is 510 g/mol. The van der Waals surface area contributed by atoms with Crippen LogP contribution in [0.2, 0.25) is 5.02 Å². The number of aromatic nitrogens is 2. The van der Waals surface area contributed by atoms with Crippen molar-refractivity contribution in [1.29, 1.82) is 0 Å². The number of hydrogen-bond acceptors (Lipinski definition) is 6. The van der Waals surface area contributed by atoms with E-state index in [2.05, 4.69) is 15.3 Å². The Bertz CT molecular complexity index is 1530. The molecule has 0 spiro atoms. The molecule has 0 aliphatic carbocycles. The SMILES string of the molecule is COc1ccc([N+](=O)[O-])c(C(=O)N2CCC(c3ccc(NC(=O)c4c[nH]c5cc(Cl)ccc45)cc3)CC2)n1. The highest BCUT2D eigenvalue weighted by Gasteiger charge is 2.30. The van der Waals surface area contributed by atoms with Gasteiger partial charge in [0.15, 0.2) is 0 Å². The summed E-state index contributed by atoms with van der Waals surface area (Å²) < 4.78 is 5.04. The summed E-state index contributed by atoms with van der Waals surface area (Å²) in [5.41, 5.74) is 2.54. The van der Waals surface area contributed by atoms with E-state index in [1.54, 1.807) is 23.2 Å². The Labute approximate surface area is 222 Å². The average Bonchev–Trinajstić information content (AvgIpc) is 3.36. The van der Waals surface area contributed by atoms with Crippen molar-refractivity contribution in [3.63, 3.8) is 0 Å². The van der Waals surface area contributed by atoms with Gasteiger partial charge in [-0.2, -0.15) is 0 Å². The third-order valence-electron chi connectivity index (χ3n) is 6.77. The molecule has 0 radical (unpaired) electrons. The van der Waals surface area contributed by atoms with Crippen molar-refractivity contribution in [2.24, 2.45) is 0 Å². The molecule has 1 aliphatic rings. The molecule has 1 saturated heterocycles. The molecule has 5 rings (SSSR count). The maximum Gasteiger partial charge on any atom is 0.300 e. The number of piperidine rings is 1. The largest absolute Gasteiger partial charge is 0.481 e. The number of benzene rings is 2. The zero-order valence-corrected chi connectivity index (χ0v) is 21.2. The van der Waals surface area contributed by atoms with E-state index >= 15 is 0 Å². The third-order valence-corrected chi connectivity index (χ3v) is 7.00. The van der Waals surface area contributed by atoms with Crippen molar-refractivity contribution >= 4 is 45.7 Å². The van der Waals surface area contributed by atoms with Crippen LogP contribution in [0.5, 0.6) is 5.88 Å². The molecule has 2 N–H and O–H groups in total. The quantitative estimate of drug-likeness (QED) is 0.252. The Morgan fingerprint density at radius 1 is 1.13 bits per heavy atom. The summed E-state index contributed by atoms with van der Waals surface area (Å²) in [5, 5.41) is 15.7. The van der Waals surface area contributed by atoms with Crippen LogP contribution in [0.25, 0.3) is 10.9 Å². The molecule has 1 aliphatic heterocycles. The summed E-state index contributed by atoms with van der Waals surface area (Å²) >= 11 is 6.02. The minimum Gasteiger partial charge on any atom is -0.481 e. The van der Waals surface area contributed by atoms with Crippen LogP contribution in [-0.2, 0) is 0 Å². The van der Waals surface area contributed by atoms with Gasteiger partial charge in [-0.25, -0.2) is 4.98 Å². The van der Waals surface area contributed by atoms with Crippen LogP contribution in [0.1, 0.15) is 45.2 Å². The zero-order chi connectivity index (χ0) is 26.8. The molecule has 11 heteroatoms. The molecule has 2 aromatic heterocycles. The monoisotopic (exact) mass is 533 g/mol. The van der Waals surface area contributed by atoms with Crippen LogP contribution in [0.3, 0.4) is 0 Å². The summed E-state index contributed by atoms with van der Waals surface area (Å²) in [4.78, 5) is 45.3. The van der Waals surface area contributed by atoms with Crippen LogP contribution in [0.15, 0.2) is 60.8 Å². The first-order valence-corrected chi connectivity index (χ1v) is 12.4. The lowest BCUT2D eigenvalue weighted by atomic mass is 9.89. The number of anilines is 1. The number of hydrogen-bond donors (Lipinski definition) is 2. The van der Waals surface area contributed by atoms with Crippen LogP contribution in [0, 0.1) is 10.1 Å². The van der Waals surface area contributed by atoms with Crippen LogP contribution >= 0.6 is 11.6 Å². The van der Waals surface area contributed by atoms with Gasteiger partial charge in [0.25, 0.3) is 11.8 Å². The van der Waals surface area contributed by atoms with E-state index in [0.717, 1.165) is 16.5 Å². The summed E-state index contributed by atoms with van der Waals surface area (Å²) in [7, 11) is 1.39. The molecule has 3 heterocycles. The highest BCUT2D eigenvalue weighted by Crippen LogP contribution is 2.31. The molecule has 2 amide bonds. The first-order valence-electron chi connectivity index (χ1n) is 12.0. The zero-order valence-electron chi connectivity index (χ0n) is 20.4. The maximum atomic E-state index is 13.0. The molecule has 38 heavy (non-hydrogen) atoms. The smallest absolute Gasteiger partial charge is 0.300 e. The van der Waals surface area contributed by atoms with Gasteiger partial charge in [-0.3, -0.25) is 19.7 Å². The fraction of sp³-hybridized carbons (Fsp3) is 0.222. The van der Waals surface area contributed by atoms with E-state index in [1.807, 2.05) is 30.3 Å². The predicted octanol–water partition coefficient (Wildman–Crippen LogP) is 5.41. The van der Waals surface area contributed by atoms with E-state index in [0.29, 0.717) is 42.2 Å². The Hall–Kier alpha value is -4.44. The number of ether oxygens (including phenoxy) is 1. The van der Waals surface area contributed by atoms with E-state index in [-0.39, 0.29) is 29.1 Å². The number of nitrogens with one attached hydrogen (secondary N) is 2. The fourth-order valence-corrected chi connectivity index (χ4v) is 4.91. The van der Waals surface area contributed by atoms with Gasteiger partial charge in [0.05, 0.1) is 17.6 Å². The average molecular weight is 534 g/mol. The molecule has 4 aromatic rings. The molecule has 0 saturated carbocycles. The number of halogens is 1. The van der Waals surface area contributed by atoms with Crippen LogP contribution in [-0.4, -0.2) is 51.8 Å². The standard InChI is InChI=1S/C27H24ClN5O5/c1-38-24-9-8-23(33(36)37)25(31-24)27(35)32-12-10-17(11-13-32)16-2-5-19(6-3-16)30-26(34)21-15-29-22-14-18(28)4-7-20(21)22/h2-9,14-15,17,29H,10-13H2,1H3,(H,30,34). The highest BCUT2D eigenvalue weighted by atomic mass is 35.5. The summed E-state index contributed by atoms with van der Waals surface area (Å²) in [6.07, 6.45) is 3.07. The summed E-state index contributed by atoms with van der Waals surface area (Å²) in [6.45, 7) is 0.894. The van der Waals surface area contributed by atoms with Crippen molar-refractivity contribution in [3.8, 4) is 5.88 Å². The molecule has 0 bridgehead atoms. The third kappa shape index (κ3) is 5.03. The topological polar surface area (TPSA) is 130 Å². The van der Waals surface area contributed by atoms with Gasteiger partial charge in [-0.05, 0) is 48.6 Å². The van der Waals surface area contributed by atoms with Crippen molar-refractivity contribution in [1.82, 2.24) is 14.9 Å². The van der Waals surface area contributed by atoms with Crippen LogP contribution in [0.4, 0.5) is 11.4 Å². The fourth-order valence-electron chi connectivity index (χ4n) is 4.74. The second-order valence-corrected chi connectivity index (χ2v) is 9.45. The van der Waals surface area contributed by atoms with Crippen molar-refractivity contribution < 1.29 is 19.2 Å². The first-order chi connectivity index (χ1) is 18.3. The van der Waals surface area contributed by atoms with Gasteiger partial charge in [0.2, 0.25) is 11.6 Å².